The summed E-state index contributed by atoms with van der Waals surface area (Å²) < 4.78 is 19.0. The summed E-state index contributed by atoms with van der Waals surface area (Å²) in [5, 5.41) is 4.33. The van der Waals surface area contributed by atoms with Gasteiger partial charge in [0, 0.05) is 25.2 Å². The molecular formula is C14H17BrN2O3. The number of hydrogen-bond acceptors (Lipinski definition) is 4. The third-order valence-electron chi connectivity index (χ3n) is 2.96. The summed E-state index contributed by atoms with van der Waals surface area (Å²) in [6.45, 7) is 2.36. The zero-order valence-electron chi connectivity index (χ0n) is 11.9. The van der Waals surface area contributed by atoms with Crippen LogP contribution in [0.1, 0.15) is 11.4 Å². The quantitative estimate of drug-likeness (QED) is 0.838. The molecule has 1 heterocycles. The van der Waals surface area contributed by atoms with Crippen molar-refractivity contribution in [2.45, 2.75) is 13.5 Å². The van der Waals surface area contributed by atoms with Gasteiger partial charge in [-0.1, -0.05) is 0 Å². The molecule has 0 radical (unpaired) electrons. The largest absolute Gasteiger partial charge is 0.496 e. The predicted molar refractivity (Wildman–Crippen MR) is 79.5 cm³/mol. The van der Waals surface area contributed by atoms with Crippen LogP contribution >= 0.6 is 15.9 Å². The molecule has 0 atom stereocenters. The summed E-state index contributed by atoms with van der Waals surface area (Å²) in [5.74, 6) is 2.08. The van der Waals surface area contributed by atoms with E-state index >= 15 is 0 Å². The Balaban J connectivity index is 2.18. The van der Waals surface area contributed by atoms with E-state index in [0.717, 1.165) is 15.9 Å². The molecule has 0 aliphatic heterocycles. The monoisotopic (exact) mass is 340 g/mol. The molecule has 2 aromatic rings. The first-order chi connectivity index (χ1) is 9.55. The van der Waals surface area contributed by atoms with Crippen molar-refractivity contribution in [1.82, 2.24) is 9.78 Å². The zero-order chi connectivity index (χ0) is 14.7. The van der Waals surface area contributed by atoms with Gasteiger partial charge in [-0.05, 0) is 22.9 Å². The minimum absolute atomic E-state index is 0.411. The average Bonchev–Trinajstić information content (AvgIpc) is 2.69. The second-order valence-electron chi connectivity index (χ2n) is 4.31. The van der Waals surface area contributed by atoms with Crippen molar-refractivity contribution in [1.29, 1.82) is 0 Å². The minimum atomic E-state index is 0.411. The fraction of sp³-hybridized carbons (Fsp3) is 0.357. The van der Waals surface area contributed by atoms with E-state index in [1.165, 1.54) is 0 Å². The maximum absolute atomic E-state index is 5.80. The van der Waals surface area contributed by atoms with E-state index in [0.29, 0.717) is 23.9 Å². The molecule has 1 aromatic heterocycles. The van der Waals surface area contributed by atoms with Gasteiger partial charge < -0.3 is 14.2 Å². The highest BCUT2D eigenvalue weighted by molar-refractivity contribution is 9.10. The average molecular weight is 341 g/mol. The Morgan fingerprint density at radius 1 is 1.10 bits per heavy atom. The van der Waals surface area contributed by atoms with E-state index in [9.17, 15) is 0 Å². The van der Waals surface area contributed by atoms with E-state index in [2.05, 4.69) is 21.0 Å². The van der Waals surface area contributed by atoms with Gasteiger partial charge in [0.25, 0.3) is 0 Å². The van der Waals surface area contributed by atoms with E-state index in [-0.39, 0.29) is 0 Å². The smallest absolute Gasteiger partial charge is 0.131 e. The highest BCUT2D eigenvalue weighted by Crippen LogP contribution is 2.29. The van der Waals surface area contributed by atoms with E-state index in [1.807, 2.05) is 26.1 Å². The summed E-state index contributed by atoms with van der Waals surface area (Å²) in [7, 11) is 5.11. The summed E-state index contributed by atoms with van der Waals surface area (Å²) in [4.78, 5) is 0. The maximum atomic E-state index is 5.80. The molecule has 0 unspecified atom stereocenters. The van der Waals surface area contributed by atoms with Crippen LogP contribution in [0.4, 0.5) is 0 Å². The van der Waals surface area contributed by atoms with Gasteiger partial charge in [-0.2, -0.15) is 5.10 Å². The number of methoxy groups -OCH3 is 2. The Morgan fingerprint density at radius 2 is 1.65 bits per heavy atom. The van der Waals surface area contributed by atoms with E-state index in [1.54, 1.807) is 25.0 Å². The van der Waals surface area contributed by atoms with E-state index in [4.69, 9.17) is 14.2 Å². The van der Waals surface area contributed by atoms with Gasteiger partial charge >= 0.3 is 0 Å². The third-order valence-corrected chi connectivity index (χ3v) is 3.99. The molecule has 20 heavy (non-hydrogen) atoms. The topological polar surface area (TPSA) is 45.5 Å². The second-order valence-corrected chi connectivity index (χ2v) is 5.10. The lowest BCUT2D eigenvalue weighted by Crippen LogP contribution is -2.04. The highest BCUT2D eigenvalue weighted by Gasteiger charge is 2.11. The number of hydrogen-bond donors (Lipinski definition) is 0. The SMILES string of the molecule is COc1cc(OC)cc(OCc2c(Br)c(C)nn2C)c1. The lowest BCUT2D eigenvalue weighted by molar-refractivity contribution is 0.289. The third kappa shape index (κ3) is 3.07. The molecule has 0 aliphatic carbocycles. The molecule has 1 aromatic carbocycles. The van der Waals surface area contributed by atoms with Crippen LogP contribution in [0.2, 0.25) is 0 Å². The van der Waals surface area contributed by atoms with Gasteiger partial charge in [0.1, 0.15) is 23.9 Å². The molecule has 0 bridgehead atoms. The van der Waals surface area contributed by atoms with Gasteiger partial charge in [0.2, 0.25) is 0 Å². The molecule has 0 amide bonds. The molecule has 0 saturated carbocycles. The normalized spacial score (nSPS) is 10.4. The van der Waals surface area contributed by atoms with Crippen molar-refractivity contribution < 1.29 is 14.2 Å². The summed E-state index contributed by atoms with van der Waals surface area (Å²) in [6, 6.07) is 5.44. The van der Waals surface area contributed by atoms with E-state index < -0.39 is 0 Å². The van der Waals surface area contributed by atoms with Crippen LogP contribution in [0.25, 0.3) is 0 Å². The molecule has 0 fully saturated rings. The molecular weight excluding hydrogens is 324 g/mol. The minimum Gasteiger partial charge on any atom is -0.496 e. The van der Waals surface area contributed by atoms with Crippen LogP contribution in [0.15, 0.2) is 22.7 Å². The molecule has 0 spiro atoms. The molecule has 0 saturated heterocycles. The Kier molecular flexibility index (Phi) is 4.54. The van der Waals surface area contributed by atoms with Gasteiger partial charge in [0.15, 0.2) is 0 Å². The fourth-order valence-corrected chi connectivity index (χ4v) is 2.30. The lowest BCUT2D eigenvalue weighted by Gasteiger charge is -2.10. The molecule has 6 heteroatoms. The summed E-state index contributed by atoms with van der Waals surface area (Å²) in [6.07, 6.45) is 0. The Labute approximate surface area is 126 Å². The van der Waals surface area contributed by atoms with Crippen molar-refractivity contribution in [2.24, 2.45) is 7.05 Å². The lowest BCUT2D eigenvalue weighted by atomic mass is 10.3. The Bertz CT molecular complexity index is 588. The first kappa shape index (κ1) is 14.7. The number of aromatic nitrogens is 2. The van der Waals surface area contributed by atoms with Crippen LogP contribution in [-0.2, 0) is 13.7 Å². The van der Waals surface area contributed by atoms with Crippen molar-refractivity contribution in [3.05, 3.63) is 34.1 Å². The van der Waals surface area contributed by atoms with Crippen molar-refractivity contribution in [3.63, 3.8) is 0 Å². The molecule has 5 nitrogen and oxygen atoms in total. The number of ether oxygens (including phenoxy) is 3. The Hall–Kier alpha value is -1.69. The number of nitrogens with zero attached hydrogens (tertiary/aromatic N) is 2. The van der Waals surface area contributed by atoms with Gasteiger partial charge in [-0.3, -0.25) is 4.68 Å². The summed E-state index contributed by atoms with van der Waals surface area (Å²) >= 11 is 3.52. The predicted octanol–water partition coefficient (Wildman–Crippen LogP) is 3.09. The zero-order valence-corrected chi connectivity index (χ0v) is 13.5. The van der Waals surface area contributed by atoms with Crippen molar-refractivity contribution in [2.75, 3.05) is 14.2 Å². The van der Waals surface area contributed by atoms with Crippen LogP contribution in [0, 0.1) is 6.92 Å². The van der Waals surface area contributed by atoms with Crippen LogP contribution in [-0.4, -0.2) is 24.0 Å². The Morgan fingerprint density at radius 3 is 2.10 bits per heavy atom. The molecule has 108 valence electrons. The standard InChI is InChI=1S/C14H17BrN2O3/c1-9-14(15)13(17(2)16-9)8-20-12-6-10(18-3)5-11(7-12)19-4/h5-7H,8H2,1-4H3. The number of benzene rings is 1. The van der Waals surface area contributed by atoms with Gasteiger partial charge in [-0.25, -0.2) is 0 Å². The maximum Gasteiger partial charge on any atom is 0.131 e. The molecule has 0 N–H and O–H groups in total. The molecule has 2 rings (SSSR count). The van der Waals surface area contributed by atoms with Crippen LogP contribution in [0.5, 0.6) is 17.2 Å². The molecule has 0 aliphatic rings. The number of halogens is 1. The second kappa shape index (κ2) is 6.17. The van der Waals surface area contributed by atoms with Gasteiger partial charge in [-0.15, -0.1) is 0 Å². The van der Waals surface area contributed by atoms with Crippen molar-refractivity contribution in [3.8, 4) is 17.2 Å². The number of aryl methyl sites for hydroxylation is 2. The first-order valence-corrected chi connectivity index (χ1v) is 6.88. The number of rotatable bonds is 5. The summed E-state index contributed by atoms with van der Waals surface area (Å²) in [5.41, 5.74) is 1.92. The van der Waals surface area contributed by atoms with Gasteiger partial charge in [0.05, 0.1) is 30.1 Å². The van der Waals surface area contributed by atoms with Crippen molar-refractivity contribution >= 4 is 15.9 Å². The van der Waals surface area contributed by atoms with Crippen LogP contribution < -0.4 is 14.2 Å². The highest BCUT2D eigenvalue weighted by atomic mass is 79.9. The fourth-order valence-electron chi connectivity index (χ4n) is 1.85. The van der Waals surface area contributed by atoms with Crippen LogP contribution in [0.3, 0.4) is 0 Å². The first-order valence-electron chi connectivity index (χ1n) is 6.09.